The SMILES string of the molecule is CN(C)c1ccc2c(c1)CNC[C@H]2N1CCCC1. The van der Waals surface area contributed by atoms with Crippen molar-refractivity contribution >= 4 is 5.69 Å². The molecule has 1 N–H and O–H groups in total. The van der Waals surface area contributed by atoms with E-state index in [9.17, 15) is 0 Å². The van der Waals surface area contributed by atoms with Crippen molar-refractivity contribution in [3.05, 3.63) is 29.3 Å². The average Bonchev–Trinajstić information content (AvgIpc) is 2.91. The van der Waals surface area contributed by atoms with E-state index in [0.29, 0.717) is 6.04 Å². The molecular weight excluding hydrogens is 222 g/mol. The monoisotopic (exact) mass is 245 g/mol. The summed E-state index contributed by atoms with van der Waals surface area (Å²) in [6.07, 6.45) is 2.73. The third kappa shape index (κ3) is 2.13. The molecule has 0 amide bonds. The van der Waals surface area contributed by atoms with Crippen LogP contribution >= 0.6 is 0 Å². The molecule has 3 rings (SSSR count). The van der Waals surface area contributed by atoms with E-state index in [2.05, 4.69) is 47.4 Å². The number of rotatable bonds is 2. The van der Waals surface area contributed by atoms with Crippen molar-refractivity contribution in [2.75, 3.05) is 38.6 Å². The van der Waals surface area contributed by atoms with Crippen molar-refractivity contribution in [2.45, 2.75) is 25.4 Å². The van der Waals surface area contributed by atoms with E-state index in [-0.39, 0.29) is 0 Å². The number of fused-ring (bicyclic) bond motifs is 1. The Balaban J connectivity index is 1.90. The summed E-state index contributed by atoms with van der Waals surface area (Å²) in [5.74, 6) is 0. The number of hydrogen-bond acceptors (Lipinski definition) is 3. The molecule has 1 aromatic carbocycles. The number of nitrogens with one attached hydrogen (secondary N) is 1. The Kier molecular flexibility index (Phi) is 3.27. The highest BCUT2D eigenvalue weighted by Gasteiger charge is 2.27. The standard InChI is InChI=1S/C15H23N3/c1-17(2)13-5-6-14-12(9-13)10-16-11-15(14)18-7-3-4-8-18/h5-6,9,15-16H,3-4,7-8,10-11H2,1-2H3/t15-/m1/s1. The summed E-state index contributed by atoms with van der Waals surface area (Å²) >= 11 is 0. The Morgan fingerprint density at radius 1 is 1.22 bits per heavy atom. The summed E-state index contributed by atoms with van der Waals surface area (Å²) in [6, 6.07) is 7.53. The van der Waals surface area contributed by atoms with Crippen LogP contribution in [0.25, 0.3) is 0 Å². The van der Waals surface area contributed by atoms with Gasteiger partial charge in [-0.25, -0.2) is 0 Å². The van der Waals surface area contributed by atoms with Crippen LogP contribution in [0.15, 0.2) is 18.2 Å². The molecule has 0 aliphatic carbocycles. The van der Waals surface area contributed by atoms with Crippen molar-refractivity contribution in [2.24, 2.45) is 0 Å². The number of nitrogens with zero attached hydrogens (tertiary/aromatic N) is 2. The van der Waals surface area contributed by atoms with Crippen LogP contribution in [0.3, 0.4) is 0 Å². The molecule has 2 aliphatic rings. The van der Waals surface area contributed by atoms with Gasteiger partial charge in [-0.15, -0.1) is 0 Å². The fourth-order valence-corrected chi connectivity index (χ4v) is 3.18. The Labute approximate surface area is 110 Å². The number of anilines is 1. The molecule has 0 saturated carbocycles. The van der Waals surface area contributed by atoms with Crippen molar-refractivity contribution in [3.8, 4) is 0 Å². The summed E-state index contributed by atoms with van der Waals surface area (Å²) in [6.45, 7) is 4.65. The normalized spacial score (nSPS) is 24.0. The first-order valence-electron chi connectivity index (χ1n) is 7.00. The summed E-state index contributed by atoms with van der Waals surface area (Å²) in [7, 11) is 4.21. The van der Waals surface area contributed by atoms with E-state index < -0.39 is 0 Å². The summed E-state index contributed by atoms with van der Waals surface area (Å²) in [4.78, 5) is 4.82. The van der Waals surface area contributed by atoms with Gasteiger partial charge in [0.15, 0.2) is 0 Å². The molecule has 2 heterocycles. The lowest BCUT2D eigenvalue weighted by molar-refractivity contribution is 0.229. The topological polar surface area (TPSA) is 18.5 Å². The molecule has 1 atom stereocenters. The van der Waals surface area contributed by atoms with Gasteiger partial charge in [-0.2, -0.15) is 0 Å². The number of hydrogen-bond donors (Lipinski definition) is 1. The molecule has 0 bridgehead atoms. The smallest absolute Gasteiger partial charge is 0.0476 e. The zero-order valence-corrected chi connectivity index (χ0v) is 11.4. The van der Waals surface area contributed by atoms with Crippen LogP contribution in [0.5, 0.6) is 0 Å². The van der Waals surface area contributed by atoms with Gasteiger partial charge in [-0.3, -0.25) is 4.90 Å². The van der Waals surface area contributed by atoms with Gasteiger partial charge in [0.2, 0.25) is 0 Å². The lowest BCUT2D eigenvalue weighted by Crippen LogP contribution is -2.38. The van der Waals surface area contributed by atoms with E-state index >= 15 is 0 Å². The molecule has 0 radical (unpaired) electrons. The molecule has 1 saturated heterocycles. The van der Waals surface area contributed by atoms with Crippen LogP contribution in [-0.2, 0) is 6.54 Å². The predicted octanol–water partition coefficient (Wildman–Crippen LogP) is 1.99. The van der Waals surface area contributed by atoms with Gasteiger partial charge in [0, 0.05) is 38.9 Å². The van der Waals surface area contributed by atoms with Gasteiger partial charge in [-0.1, -0.05) is 6.07 Å². The highest BCUT2D eigenvalue weighted by Crippen LogP contribution is 2.31. The van der Waals surface area contributed by atoms with Gasteiger partial charge in [0.1, 0.15) is 0 Å². The zero-order valence-electron chi connectivity index (χ0n) is 11.4. The highest BCUT2D eigenvalue weighted by molar-refractivity contribution is 5.51. The summed E-state index contributed by atoms with van der Waals surface area (Å²) in [5, 5.41) is 3.57. The van der Waals surface area contributed by atoms with Crippen LogP contribution in [-0.4, -0.2) is 38.6 Å². The summed E-state index contributed by atoms with van der Waals surface area (Å²) < 4.78 is 0. The van der Waals surface area contributed by atoms with Gasteiger partial charge in [-0.05, 0) is 49.2 Å². The minimum Gasteiger partial charge on any atom is -0.378 e. The zero-order chi connectivity index (χ0) is 12.5. The van der Waals surface area contributed by atoms with Crippen molar-refractivity contribution < 1.29 is 0 Å². The average molecular weight is 245 g/mol. The van der Waals surface area contributed by atoms with Gasteiger partial charge < -0.3 is 10.2 Å². The van der Waals surface area contributed by atoms with Gasteiger partial charge in [0.05, 0.1) is 0 Å². The quantitative estimate of drug-likeness (QED) is 0.859. The fraction of sp³-hybridized carbons (Fsp3) is 0.600. The third-order valence-electron chi connectivity index (χ3n) is 4.24. The lowest BCUT2D eigenvalue weighted by atomic mass is 9.95. The Bertz CT molecular complexity index is 422. The summed E-state index contributed by atoms with van der Waals surface area (Å²) in [5.41, 5.74) is 4.32. The predicted molar refractivity (Wildman–Crippen MR) is 76.0 cm³/mol. The second-order valence-corrected chi connectivity index (χ2v) is 5.67. The first kappa shape index (κ1) is 12.0. The molecule has 1 aromatic rings. The molecule has 18 heavy (non-hydrogen) atoms. The van der Waals surface area contributed by atoms with Crippen molar-refractivity contribution in [3.63, 3.8) is 0 Å². The van der Waals surface area contributed by atoms with Crippen LogP contribution in [0.4, 0.5) is 5.69 Å². The van der Waals surface area contributed by atoms with Gasteiger partial charge in [0.25, 0.3) is 0 Å². The maximum absolute atomic E-state index is 3.57. The van der Waals surface area contributed by atoms with E-state index in [1.807, 2.05) is 0 Å². The third-order valence-corrected chi connectivity index (χ3v) is 4.24. The number of likely N-dealkylation sites (tertiary alicyclic amines) is 1. The fourth-order valence-electron chi connectivity index (χ4n) is 3.18. The molecule has 98 valence electrons. The maximum atomic E-state index is 3.57. The second-order valence-electron chi connectivity index (χ2n) is 5.67. The van der Waals surface area contributed by atoms with Crippen LogP contribution < -0.4 is 10.2 Å². The molecular formula is C15H23N3. The Morgan fingerprint density at radius 2 is 2.00 bits per heavy atom. The lowest BCUT2D eigenvalue weighted by Gasteiger charge is -2.34. The largest absolute Gasteiger partial charge is 0.378 e. The van der Waals surface area contributed by atoms with Gasteiger partial charge >= 0.3 is 0 Å². The second kappa shape index (κ2) is 4.90. The van der Waals surface area contributed by atoms with E-state index in [1.165, 1.54) is 37.2 Å². The molecule has 3 nitrogen and oxygen atoms in total. The van der Waals surface area contributed by atoms with E-state index in [1.54, 1.807) is 5.56 Å². The molecule has 0 unspecified atom stereocenters. The minimum atomic E-state index is 0.590. The van der Waals surface area contributed by atoms with E-state index in [4.69, 9.17) is 0 Å². The first-order valence-corrected chi connectivity index (χ1v) is 7.00. The Hall–Kier alpha value is -1.06. The molecule has 0 aromatic heterocycles. The molecule has 1 fully saturated rings. The highest BCUT2D eigenvalue weighted by atomic mass is 15.2. The van der Waals surface area contributed by atoms with Crippen LogP contribution in [0.1, 0.15) is 30.0 Å². The Morgan fingerprint density at radius 3 is 2.72 bits per heavy atom. The molecule has 2 aliphatic heterocycles. The van der Waals surface area contributed by atoms with Crippen molar-refractivity contribution in [1.82, 2.24) is 10.2 Å². The number of benzene rings is 1. The molecule has 0 spiro atoms. The van der Waals surface area contributed by atoms with E-state index in [0.717, 1.165) is 13.1 Å². The van der Waals surface area contributed by atoms with Crippen LogP contribution in [0, 0.1) is 0 Å². The van der Waals surface area contributed by atoms with Crippen LogP contribution in [0.2, 0.25) is 0 Å². The van der Waals surface area contributed by atoms with Crippen molar-refractivity contribution in [1.29, 1.82) is 0 Å². The first-order chi connectivity index (χ1) is 8.75. The maximum Gasteiger partial charge on any atom is 0.0476 e. The minimum absolute atomic E-state index is 0.590. The molecule has 3 heteroatoms.